The van der Waals surface area contributed by atoms with Gasteiger partial charge in [-0.05, 0) is 44.4 Å². The zero-order chi connectivity index (χ0) is 14.5. The topological polar surface area (TPSA) is 56.5 Å². The first-order valence-corrected chi connectivity index (χ1v) is 7.05. The Balaban J connectivity index is 2.11. The number of rotatable bonds is 5. The van der Waals surface area contributed by atoms with Gasteiger partial charge in [0.2, 0.25) is 0 Å². The molecule has 0 N–H and O–H groups in total. The van der Waals surface area contributed by atoms with Gasteiger partial charge in [0, 0.05) is 12.8 Å². The predicted molar refractivity (Wildman–Crippen MR) is 74.1 cm³/mol. The Kier molecular flexibility index (Phi) is 4.77. The molecular weight excluding hydrogens is 256 g/mol. The summed E-state index contributed by atoms with van der Waals surface area (Å²) in [5.74, 6) is 0.526. The first-order valence-electron chi connectivity index (χ1n) is 7.05. The van der Waals surface area contributed by atoms with Crippen molar-refractivity contribution >= 4 is 11.8 Å². The number of hydrogen-bond donors (Lipinski definition) is 0. The summed E-state index contributed by atoms with van der Waals surface area (Å²) in [6, 6.07) is 3.73. The maximum Gasteiger partial charge on any atom is 0.313 e. The fraction of sp³-hybridized carbons (Fsp3) is 0.500. The predicted octanol–water partition coefficient (Wildman–Crippen LogP) is 3.07. The van der Waals surface area contributed by atoms with Gasteiger partial charge < -0.3 is 9.15 Å². The molecule has 1 unspecified atom stereocenters. The monoisotopic (exact) mass is 276 g/mol. The minimum Gasteiger partial charge on any atom is -0.469 e. The van der Waals surface area contributed by atoms with Gasteiger partial charge in [-0.1, -0.05) is 5.57 Å². The summed E-state index contributed by atoms with van der Waals surface area (Å²) >= 11 is 0. The number of ether oxygens (including phenoxy) is 1. The highest BCUT2D eigenvalue weighted by Crippen LogP contribution is 2.31. The maximum atomic E-state index is 12.0. The van der Waals surface area contributed by atoms with Gasteiger partial charge in [-0.3, -0.25) is 9.59 Å². The van der Waals surface area contributed by atoms with Crippen LogP contribution in [0, 0.1) is 5.92 Å². The Morgan fingerprint density at radius 3 is 2.90 bits per heavy atom. The summed E-state index contributed by atoms with van der Waals surface area (Å²) < 4.78 is 10.4. The molecule has 0 fully saturated rings. The molecule has 0 amide bonds. The third-order valence-corrected chi connectivity index (χ3v) is 3.77. The average Bonchev–Trinajstić information content (AvgIpc) is 2.92. The van der Waals surface area contributed by atoms with Crippen molar-refractivity contribution in [2.75, 3.05) is 6.61 Å². The van der Waals surface area contributed by atoms with Crippen LogP contribution in [0.15, 0.2) is 34.0 Å². The Bertz CT molecular complexity index is 511. The van der Waals surface area contributed by atoms with Gasteiger partial charge in [-0.15, -0.1) is 0 Å². The fourth-order valence-corrected chi connectivity index (χ4v) is 2.65. The number of hydrogen-bond acceptors (Lipinski definition) is 4. The molecule has 0 saturated heterocycles. The minimum atomic E-state index is -0.265. The van der Waals surface area contributed by atoms with Crippen LogP contribution in [-0.4, -0.2) is 18.4 Å². The first-order chi connectivity index (χ1) is 9.63. The molecule has 0 aromatic carbocycles. The molecule has 108 valence electrons. The van der Waals surface area contributed by atoms with E-state index in [0.717, 1.165) is 16.9 Å². The highest BCUT2D eigenvalue weighted by atomic mass is 16.5. The van der Waals surface area contributed by atoms with E-state index in [1.54, 1.807) is 13.2 Å². The zero-order valence-corrected chi connectivity index (χ0v) is 12.0. The maximum absolute atomic E-state index is 12.0. The van der Waals surface area contributed by atoms with Crippen LogP contribution in [0.5, 0.6) is 0 Å². The van der Waals surface area contributed by atoms with E-state index in [9.17, 15) is 9.59 Å². The number of carbonyl (C=O) groups is 2. The Morgan fingerprint density at radius 2 is 2.25 bits per heavy atom. The normalized spacial score (nSPS) is 19.3. The zero-order valence-electron chi connectivity index (χ0n) is 12.0. The molecule has 1 heterocycles. The summed E-state index contributed by atoms with van der Waals surface area (Å²) in [7, 11) is 0. The molecule has 2 rings (SSSR count). The second-order valence-electron chi connectivity index (χ2n) is 5.01. The molecule has 1 aromatic rings. The van der Waals surface area contributed by atoms with E-state index < -0.39 is 0 Å². The lowest BCUT2D eigenvalue weighted by Gasteiger charge is -2.24. The lowest BCUT2D eigenvalue weighted by atomic mass is 9.81. The molecule has 20 heavy (non-hydrogen) atoms. The molecule has 0 bridgehead atoms. The largest absolute Gasteiger partial charge is 0.469 e. The number of Topliss-reactive ketones (excluding diaryl/α,β-unsaturated/α-hetero) is 1. The SMILES string of the molecule is CCOC(=O)C1CCC(=O)C(CCc2ccco2)=C1C. The number of carbonyl (C=O) groups excluding carboxylic acids is 2. The Hall–Kier alpha value is -1.84. The second-order valence-corrected chi connectivity index (χ2v) is 5.01. The lowest BCUT2D eigenvalue weighted by molar-refractivity contribution is -0.147. The molecule has 1 atom stereocenters. The number of allylic oxidation sites excluding steroid dienone is 1. The van der Waals surface area contributed by atoms with Crippen LogP contribution < -0.4 is 0 Å². The van der Waals surface area contributed by atoms with Crippen LogP contribution in [0.4, 0.5) is 0 Å². The second kappa shape index (κ2) is 6.55. The van der Waals surface area contributed by atoms with Gasteiger partial charge in [0.05, 0.1) is 18.8 Å². The summed E-state index contributed by atoms with van der Waals surface area (Å²) in [5, 5.41) is 0. The Labute approximate surface area is 118 Å². The van der Waals surface area contributed by atoms with Crippen molar-refractivity contribution in [3.63, 3.8) is 0 Å². The van der Waals surface area contributed by atoms with E-state index in [2.05, 4.69) is 0 Å². The van der Waals surface area contributed by atoms with Gasteiger partial charge in [0.15, 0.2) is 5.78 Å². The quantitative estimate of drug-likeness (QED) is 0.775. The fourth-order valence-electron chi connectivity index (χ4n) is 2.65. The van der Waals surface area contributed by atoms with Gasteiger partial charge in [-0.2, -0.15) is 0 Å². The molecule has 0 saturated carbocycles. The van der Waals surface area contributed by atoms with Crippen molar-refractivity contribution in [2.45, 2.75) is 39.5 Å². The van der Waals surface area contributed by atoms with Crippen molar-refractivity contribution in [1.29, 1.82) is 0 Å². The van der Waals surface area contributed by atoms with Crippen LogP contribution >= 0.6 is 0 Å². The third-order valence-electron chi connectivity index (χ3n) is 3.77. The molecular formula is C16H20O4. The molecule has 1 aliphatic carbocycles. The van der Waals surface area contributed by atoms with E-state index in [1.165, 1.54) is 0 Å². The van der Waals surface area contributed by atoms with E-state index >= 15 is 0 Å². The molecule has 1 aliphatic rings. The molecule has 1 aromatic heterocycles. The smallest absolute Gasteiger partial charge is 0.313 e. The van der Waals surface area contributed by atoms with Gasteiger partial charge in [0.1, 0.15) is 5.76 Å². The highest BCUT2D eigenvalue weighted by molar-refractivity contribution is 5.98. The van der Waals surface area contributed by atoms with Crippen molar-refractivity contribution in [2.24, 2.45) is 5.92 Å². The van der Waals surface area contributed by atoms with Crippen LogP contribution in [-0.2, 0) is 20.7 Å². The summed E-state index contributed by atoms with van der Waals surface area (Å²) in [6.07, 6.45) is 3.91. The average molecular weight is 276 g/mol. The van der Waals surface area contributed by atoms with Crippen LogP contribution in [0.2, 0.25) is 0 Å². The van der Waals surface area contributed by atoms with Crippen molar-refractivity contribution in [1.82, 2.24) is 0 Å². The van der Waals surface area contributed by atoms with Crippen LogP contribution in [0.25, 0.3) is 0 Å². The van der Waals surface area contributed by atoms with Gasteiger partial charge in [-0.25, -0.2) is 0 Å². The van der Waals surface area contributed by atoms with Crippen molar-refractivity contribution in [3.05, 3.63) is 35.3 Å². The van der Waals surface area contributed by atoms with Gasteiger partial charge >= 0.3 is 5.97 Å². The summed E-state index contributed by atoms with van der Waals surface area (Å²) in [4.78, 5) is 24.0. The van der Waals surface area contributed by atoms with Crippen LogP contribution in [0.1, 0.15) is 38.9 Å². The number of esters is 1. The summed E-state index contributed by atoms with van der Waals surface area (Å²) in [6.45, 7) is 4.04. The molecule has 0 radical (unpaired) electrons. The summed E-state index contributed by atoms with van der Waals surface area (Å²) in [5.41, 5.74) is 1.64. The number of furan rings is 1. The molecule has 0 spiro atoms. The lowest BCUT2D eigenvalue weighted by Crippen LogP contribution is -2.26. The number of ketones is 1. The molecule has 4 heteroatoms. The third kappa shape index (κ3) is 3.18. The van der Waals surface area contributed by atoms with E-state index in [0.29, 0.717) is 32.3 Å². The standard InChI is InChI=1S/C16H20O4/c1-3-19-16(18)14-8-9-15(17)13(11(14)2)7-6-12-5-4-10-20-12/h4-5,10,14H,3,6-9H2,1-2H3. The van der Waals surface area contributed by atoms with Crippen LogP contribution in [0.3, 0.4) is 0 Å². The number of aryl methyl sites for hydroxylation is 1. The van der Waals surface area contributed by atoms with Gasteiger partial charge in [0.25, 0.3) is 0 Å². The van der Waals surface area contributed by atoms with E-state index in [1.807, 2.05) is 19.1 Å². The molecule has 4 nitrogen and oxygen atoms in total. The first kappa shape index (κ1) is 14.6. The Morgan fingerprint density at radius 1 is 1.45 bits per heavy atom. The van der Waals surface area contributed by atoms with E-state index in [-0.39, 0.29) is 17.7 Å². The van der Waals surface area contributed by atoms with Crippen molar-refractivity contribution in [3.8, 4) is 0 Å². The van der Waals surface area contributed by atoms with E-state index in [4.69, 9.17) is 9.15 Å². The minimum absolute atomic E-state index is 0.148. The highest BCUT2D eigenvalue weighted by Gasteiger charge is 2.31. The molecule has 0 aliphatic heterocycles. The van der Waals surface area contributed by atoms with Crippen molar-refractivity contribution < 1.29 is 18.7 Å².